The summed E-state index contributed by atoms with van der Waals surface area (Å²) < 4.78 is 0. The smallest absolute Gasteiger partial charge is 0.336 e. The Hall–Kier alpha value is -1.84. The molecule has 0 radical (unpaired) electrons. The number of halogens is 1. The van der Waals surface area contributed by atoms with Gasteiger partial charge in [0.05, 0.1) is 5.56 Å². The zero-order valence-corrected chi connectivity index (χ0v) is 12.0. The highest BCUT2D eigenvalue weighted by Crippen LogP contribution is 2.15. The average Bonchev–Trinajstić information content (AvgIpc) is 2.38. The highest BCUT2D eigenvalue weighted by Gasteiger charge is 2.11. The Bertz CT molecular complexity index is 613. The zero-order valence-electron chi connectivity index (χ0n) is 11.2. The van der Waals surface area contributed by atoms with Crippen LogP contribution < -0.4 is 0 Å². The maximum absolute atomic E-state index is 11.2. The van der Waals surface area contributed by atoms with Crippen molar-refractivity contribution in [2.45, 2.75) is 13.1 Å². The minimum Gasteiger partial charge on any atom is -0.478 e. The quantitative estimate of drug-likeness (QED) is 0.913. The predicted octanol–water partition coefficient (Wildman–Crippen LogP) is 3.67. The van der Waals surface area contributed by atoms with Crippen LogP contribution in [-0.4, -0.2) is 23.0 Å². The largest absolute Gasteiger partial charge is 0.478 e. The number of hydrogen-bond acceptors (Lipinski definition) is 2. The van der Waals surface area contributed by atoms with Crippen molar-refractivity contribution in [1.29, 1.82) is 0 Å². The SMILES string of the molecule is CN(Cc1cccc(Cl)c1)Cc1ccccc1C(=O)O. The van der Waals surface area contributed by atoms with Gasteiger partial charge in [-0.2, -0.15) is 0 Å². The summed E-state index contributed by atoms with van der Waals surface area (Å²) in [6.45, 7) is 1.30. The van der Waals surface area contributed by atoms with Crippen LogP contribution in [0.3, 0.4) is 0 Å². The van der Waals surface area contributed by atoms with Gasteiger partial charge < -0.3 is 5.11 Å². The molecule has 0 aliphatic carbocycles. The lowest BCUT2D eigenvalue weighted by atomic mass is 10.1. The first-order valence-corrected chi connectivity index (χ1v) is 6.68. The third-order valence-corrected chi connectivity index (χ3v) is 3.26. The standard InChI is InChI=1S/C16H16ClNO2/c1-18(10-12-5-4-7-14(17)9-12)11-13-6-2-3-8-15(13)16(19)20/h2-9H,10-11H2,1H3,(H,19,20). The molecule has 0 amide bonds. The summed E-state index contributed by atoms with van der Waals surface area (Å²) in [6, 6.07) is 14.7. The topological polar surface area (TPSA) is 40.5 Å². The molecule has 0 aliphatic heterocycles. The normalized spacial score (nSPS) is 10.8. The van der Waals surface area contributed by atoms with Crippen LogP contribution in [-0.2, 0) is 13.1 Å². The van der Waals surface area contributed by atoms with E-state index in [1.807, 2.05) is 43.4 Å². The van der Waals surface area contributed by atoms with Gasteiger partial charge in [-0.25, -0.2) is 4.79 Å². The molecule has 0 aliphatic rings. The number of rotatable bonds is 5. The van der Waals surface area contributed by atoms with Crippen LogP contribution in [0.4, 0.5) is 0 Å². The van der Waals surface area contributed by atoms with E-state index in [1.165, 1.54) is 0 Å². The number of carbonyl (C=O) groups is 1. The van der Waals surface area contributed by atoms with E-state index in [4.69, 9.17) is 16.7 Å². The molecule has 0 spiro atoms. The second kappa shape index (κ2) is 6.55. The Balaban J connectivity index is 2.08. The van der Waals surface area contributed by atoms with E-state index < -0.39 is 5.97 Å². The summed E-state index contributed by atoms with van der Waals surface area (Å²) in [6.07, 6.45) is 0. The molecule has 0 atom stereocenters. The molecular weight excluding hydrogens is 274 g/mol. The molecule has 3 nitrogen and oxygen atoms in total. The minimum absolute atomic E-state index is 0.352. The zero-order chi connectivity index (χ0) is 14.5. The van der Waals surface area contributed by atoms with Crippen molar-refractivity contribution in [3.63, 3.8) is 0 Å². The molecule has 0 aromatic heterocycles. The molecule has 0 unspecified atom stereocenters. The van der Waals surface area contributed by atoms with Crippen molar-refractivity contribution in [3.8, 4) is 0 Å². The van der Waals surface area contributed by atoms with E-state index in [0.29, 0.717) is 23.7 Å². The lowest BCUT2D eigenvalue weighted by Crippen LogP contribution is -2.19. The summed E-state index contributed by atoms with van der Waals surface area (Å²) in [4.78, 5) is 13.2. The molecule has 2 aromatic carbocycles. The minimum atomic E-state index is -0.892. The van der Waals surface area contributed by atoms with Crippen molar-refractivity contribution in [1.82, 2.24) is 4.90 Å². The highest BCUT2D eigenvalue weighted by molar-refractivity contribution is 6.30. The van der Waals surface area contributed by atoms with E-state index >= 15 is 0 Å². The third kappa shape index (κ3) is 3.83. The number of hydrogen-bond donors (Lipinski definition) is 1. The Labute approximate surface area is 123 Å². The van der Waals surface area contributed by atoms with Gasteiger partial charge in [-0.1, -0.05) is 41.9 Å². The monoisotopic (exact) mass is 289 g/mol. The fourth-order valence-corrected chi connectivity index (χ4v) is 2.37. The Kier molecular flexibility index (Phi) is 4.77. The maximum Gasteiger partial charge on any atom is 0.336 e. The van der Waals surface area contributed by atoms with Crippen LogP contribution in [0.25, 0.3) is 0 Å². The molecule has 20 heavy (non-hydrogen) atoms. The molecule has 2 rings (SSSR count). The Morgan fingerprint density at radius 2 is 1.90 bits per heavy atom. The van der Waals surface area contributed by atoms with Gasteiger partial charge in [0, 0.05) is 18.1 Å². The van der Waals surface area contributed by atoms with E-state index in [1.54, 1.807) is 12.1 Å². The van der Waals surface area contributed by atoms with Crippen LogP contribution in [0, 0.1) is 0 Å². The summed E-state index contributed by atoms with van der Waals surface area (Å²) in [5.41, 5.74) is 2.27. The first kappa shape index (κ1) is 14.6. The second-order valence-corrected chi connectivity index (χ2v) is 5.20. The molecular formula is C16H16ClNO2. The summed E-state index contributed by atoms with van der Waals surface area (Å²) >= 11 is 5.96. The van der Waals surface area contributed by atoms with Crippen molar-refractivity contribution in [3.05, 3.63) is 70.2 Å². The molecule has 0 saturated carbocycles. The van der Waals surface area contributed by atoms with Gasteiger partial charge in [-0.15, -0.1) is 0 Å². The van der Waals surface area contributed by atoms with Crippen molar-refractivity contribution in [2.75, 3.05) is 7.05 Å². The van der Waals surface area contributed by atoms with Gasteiger partial charge >= 0.3 is 5.97 Å². The number of aromatic carboxylic acids is 1. The Morgan fingerprint density at radius 3 is 2.60 bits per heavy atom. The van der Waals surface area contributed by atoms with Gasteiger partial charge in [-0.3, -0.25) is 4.90 Å². The maximum atomic E-state index is 11.2. The lowest BCUT2D eigenvalue weighted by molar-refractivity contribution is 0.0694. The molecule has 0 heterocycles. The molecule has 4 heteroatoms. The van der Waals surface area contributed by atoms with E-state index in [0.717, 1.165) is 11.1 Å². The number of benzene rings is 2. The fraction of sp³-hybridized carbons (Fsp3) is 0.188. The predicted molar refractivity (Wildman–Crippen MR) is 80.0 cm³/mol. The first-order valence-electron chi connectivity index (χ1n) is 6.30. The highest BCUT2D eigenvalue weighted by atomic mass is 35.5. The molecule has 0 bridgehead atoms. The summed E-state index contributed by atoms with van der Waals surface area (Å²) in [5.74, 6) is -0.892. The van der Waals surface area contributed by atoms with Crippen LogP contribution in [0.2, 0.25) is 5.02 Å². The van der Waals surface area contributed by atoms with E-state index in [9.17, 15) is 4.79 Å². The average molecular weight is 290 g/mol. The number of carboxylic acid groups (broad SMARTS) is 1. The van der Waals surface area contributed by atoms with Gasteiger partial charge in [-0.05, 0) is 36.4 Å². The van der Waals surface area contributed by atoms with E-state index in [2.05, 4.69) is 4.90 Å². The van der Waals surface area contributed by atoms with Gasteiger partial charge in [0.25, 0.3) is 0 Å². The van der Waals surface area contributed by atoms with Crippen molar-refractivity contribution >= 4 is 17.6 Å². The number of carboxylic acids is 1. The second-order valence-electron chi connectivity index (χ2n) is 4.76. The van der Waals surface area contributed by atoms with Crippen molar-refractivity contribution in [2.24, 2.45) is 0 Å². The first-order chi connectivity index (χ1) is 9.56. The van der Waals surface area contributed by atoms with Gasteiger partial charge in [0.2, 0.25) is 0 Å². The van der Waals surface area contributed by atoms with Gasteiger partial charge in [0.15, 0.2) is 0 Å². The molecule has 0 saturated heterocycles. The fourth-order valence-electron chi connectivity index (χ4n) is 2.16. The van der Waals surface area contributed by atoms with Crippen LogP contribution in [0.15, 0.2) is 48.5 Å². The Morgan fingerprint density at radius 1 is 1.15 bits per heavy atom. The van der Waals surface area contributed by atoms with Crippen molar-refractivity contribution < 1.29 is 9.90 Å². The van der Waals surface area contributed by atoms with E-state index in [-0.39, 0.29) is 0 Å². The summed E-state index contributed by atoms with van der Waals surface area (Å²) in [5, 5.41) is 9.88. The summed E-state index contributed by atoms with van der Waals surface area (Å²) in [7, 11) is 1.96. The lowest BCUT2D eigenvalue weighted by Gasteiger charge is -2.18. The molecule has 1 N–H and O–H groups in total. The van der Waals surface area contributed by atoms with Crippen LogP contribution in [0.1, 0.15) is 21.5 Å². The molecule has 104 valence electrons. The van der Waals surface area contributed by atoms with Gasteiger partial charge in [0.1, 0.15) is 0 Å². The number of nitrogens with zero attached hydrogens (tertiary/aromatic N) is 1. The third-order valence-electron chi connectivity index (χ3n) is 3.03. The van der Waals surface area contributed by atoms with Crippen LogP contribution in [0.5, 0.6) is 0 Å². The van der Waals surface area contributed by atoms with Crippen LogP contribution >= 0.6 is 11.6 Å². The molecule has 0 fully saturated rings. The molecule has 2 aromatic rings.